The highest BCUT2D eigenvalue weighted by atomic mass is 15.3. The lowest BCUT2D eigenvalue weighted by atomic mass is 10.2. The lowest BCUT2D eigenvalue weighted by Crippen LogP contribution is -2.09. The minimum atomic E-state index is 0.0925. The van der Waals surface area contributed by atoms with Crippen molar-refractivity contribution in [1.82, 2.24) is 9.78 Å². The van der Waals surface area contributed by atoms with Gasteiger partial charge in [0.15, 0.2) is 0 Å². The number of nitrogens with two attached hydrogens (primary N) is 1. The van der Waals surface area contributed by atoms with Gasteiger partial charge in [0.05, 0.1) is 5.69 Å². The number of hydrogen-bond donors (Lipinski definition) is 1. The van der Waals surface area contributed by atoms with E-state index in [1.54, 1.807) is 0 Å². The molecule has 1 aromatic rings. The van der Waals surface area contributed by atoms with Crippen LogP contribution in [-0.2, 0) is 7.05 Å². The van der Waals surface area contributed by atoms with Gasteiger partial charge in [-0.1, -0.05) is 6.92 Å². The molecule has 1 atom stereocenters. The summed E-state index contributed by atoms with van der Waals surface area (Å²) < 4.78 is 1.85. The highest BCUT2D eigenvalue weighted by Crippen LogP contribution is 2.12. The Morgan fingerprint density at radius 3 is 2.73 bits per heavy atom. The van der Waals surface area contributed by atoms with Gasteiger partial charge in [0.2, 0.25) is 0 Å². The summed E-state index contributed by atoms with van der Waals surface area (Å²) in [6, 6.07) is 2.13. The summed E-state index contributed by atoms with van der Waals surface area (Å²) in [7, 11) is 1.93. The zero-order chi connectivity index (χ0) is 8.43. The van der Waals surface area contributed by atoms with Gasteiger partial charge < -0.3 is 5.73 Å². The van der Waals surface area contributed by atoms with Crippen LogP contribution < -0.4 is 5.73 Å². The molecule has 1 unspecified atom stereocenters. The van der Waals surface area contributed by atoms with Gasteiger partial charge in [0, 0.05) is 18.8 Å². The van der Waals surface area contributed by atoms with Crippen LogP contribution in [0.5, 0.6) is 0 Å². The maximum atomic E-state index is 5.80. The van der Waals surface area contributed by atoms with Gasteiger partial charge in [0.25, 0.3) is 0 Å². The molecule has 1 heterocycles. The first kappa shape index (κ1) is 8.27. The maximum Gasteiger partial charge on any atom is 0.0794 e. The first-order valence-electron chi connectivity index (χ1n) is 3.91. The molecule has 0 saturated carbocycles. The van der Waals surface area contributed by atoms with Crippen LogP contribution in [0.2, 0.25) is 0 Å². The lowest BCUT2D eigenvalue weighted by Gasteiger charge is -2.02. The third-order valence-electron chi connectivity index (χ3n) is 1.95. The molecule has 11 heavy (non-hydrogen) atoms. The summed E-state index contributed by atoms with van der Waals surface area (Å²) in [5, 5.41) is 4.27. The second kappa shape index (κ2) is 3.05. The zero-order valence-corrected chi connectivity index (χ0v) is 7.33. The van der Waals surface area contributed by atoms with Crippen LogP contribution in [0.3, 0.4) is 0 Å². The molecular weight excluding hydrogens is 138 g/mol. The van der Waals surface area contributed by atoms with Crippen LogP contribution in [0.4, 0.5) is 0 Å². The van der Waals surface area contributed by atoms with Gasteiger partial charge in [-0.3, -0.25) is 4.68 Å². The zero-order valence-electron chi connectivity index (χ0n) is 7.33. The third-order valence-corrected chi connectivity index (χ3v) is 1.95. The molecule has 1 aromatic heterocycles. The summed E-state index contributed by atoms with van der Waals surface area (Å²) in [6.07, 6.45) is 0.941. The van der Waals surface area contributed by atoms with Crippen molar-refractivity contribution in [2.75, 3.05) is 0 Å². The lowest BCUT2D eigenvalue weighted by molar-refractivity contribution is 0.639. The predicted octanol–water partition coefficient (Wildman–Crippen LogP) is 1.14. The van der Waals surface area contributed by atoms with Crippen LogP contribution in [0.15, 0.2) is 6.07 Å². The topological polar surface area (TPSA) is 43.8 Å². The molecule has 1 rings (SSSR count). The first-order valence-corrected chi connectivity index (χ1v) is 3.91. The standard InChI is InChI=1S/C8H15N3/c1-4-7(9)8-5-6(2)11(3)10-8/h5,7H,4,9H2,1-3H3. The number of hydrogen-bond acceptors (Lipinski definition) is 2. The van der Waals surface area contributed by atoms with Gasteiger partial charge in [-0.05, 0) is 19.4 Å². The van der Waals surface area contributed by atoms with Gasteiger partial charge in [0.1, 0.15) is 0 Å². The van der Waals surface area contributed by atoms with Crippen molar-refractivity contribution in [3.05, 3.63) is 17.5 Å². The molecule has 0 aliphatic rings. The average molecular weight is 153 g/mol. The molecule has 3 heteroatoms. The Kier molecular flexibility index (Phi) is 2.29. The first-order chi connectivity index (χ1) is 5.15. The second-order valence-corrected chi connectivity index (χ2v) is 2.85. The molecule has 62 valence electrons. The van der Waals surface area contributed by atoms with Crippen molar-refractivity contribution < 1.29 is 0 Å². The fourth-order valence-electron chi connectivity index (χ4n) is 0.979. The van der Waals surface area contributed by atoms with Gasteiger partial charge >= 0.3 is 0 Å². The molecule has 0 amide bonds. The number of rotatable bonds is 2. The van der Waals surface area contributed by atoms with Crippen LogP contribution in [0.1, 0.15) is 30.8 Å². The van der Waals surface area contributed by atoms with E-state index in [0.717, 1.165) is 17.8 Å². The summed E-state index contributed by atoms with van der Waals surface area (Å²) >= 11 is 0. The Bertz CT molecular complexity index is 220. The minimum absolute atomic E-state index is 0.0925. The summed E-state index contributed by atoms with van der Waals surface area (Å²) in [4.78, 5) is 0. The molecule has 0 aromatic carbocycles. The van der Waals surface area contributed by atoms with Gasteiger partial charge in [-0.15, -0.1) is 0 Å². The molecule has 0 bridgehead atoms. The highest BCUT2D eigenvalue weighted by Gasteiger charge is 2.07. The van der Waals surface area contributed by atoms with Gasteiger partial charge in [-0.2, -0.15) is 5.10 Å². The Hall–Kier alpha value is -0.830. The highest BCUT2D eigenvalue weighted by molar-refractivity contribution is 5.11. The van der Waals surface area contributed by atoms with E-state index in [0.29, 0.717) is 0 Å². The van der Waals surface area contributed by atoms with E-state index in [-0.39, 0.29) is 6.04 Å². The third kappa shape index (κ3) is 1.60. The number of aryl methyl sites for hydroxylation is 2. The van der Waals surface area contributed by atoms with Crippen LogP contribution in [0.25, 0.3) is 0 Å². The van der Waals surface area contributed by atoms with Crippen molar-refractivity contribution in [2.45, 2.75) is 26.3 Å². The van der Waals surface area contributed by atoms with Crippen LogP contribution in [0, 0.1) is 6.92 Å². The van der Waals surface area contributed by atoms with Crippen molar-refractivity contribution >= 4 is 0 Å². The summed E-state index contributed by atoms with van der Waals surface area (Å²) in [5.74, 6) is 0. The molecular formula is C8H15N3. The minimum Gasteiger partial charge on any atom is -0.323 e. The van der Waals surface area contributed by atoms with Crippen molar-refractivity contribution in [3.63, 3.8) is 0 Å². The maximum absolute atomic E-state index is 5.80. The second-order valence-electron chi connectivity index (χ2n) is 2.85. The fraction of sp³-hybridized carbons (Fsp3) is 0.625. The molecule has 0 fully saturated rings. The van der Waals surface area contributed by atoms with E-state index in [1.807, 2.05) is 24.7 Å². The largest absolute Gasteiger partial charge is 0.323 e. The average Bonchev–Trinajstić information content (AvgIpc) is 2.31. The van der Waals surface area contributed by atoms with E-state index in [4.69, 9.17) is 5.73 Å². The quantitative estimate of drug-likeness (QED) is 0.692. The van der Waals surface area contributed by atoms with E-state index in [9.17, 15) is 0 Å². The van der Waals surface area contributed by atoms with E-state index in [1.165, 1.54) is 0 Å². The molecule has 0 saturated heterocycles. The normalized spacial score (nSPS) is 13.5. The predicted molar refractivity (Wildman–Crippen MR) is 45.2 cm³/mol. The molecule has 0 spiro atoms. The SMILES string of the molecule is CCC(N)c1cc(C)n(C)n1. The Labute approximate surface area is 67.2 Å². The smallest absolute Gasteiger partial charge is 0.0794 e. The molecule has 0 radical (unpaired) electrons. The summed E-state index contributed by atoms with van der Waals surface area (Å²) in [5.41, 5.74) is 7.95. The molecule has 0 aliphatic carbocycles. The van der Waals surface area contributed by atoms with Gasteiger partial charge in [-0.25, -0.2) is 0 Å². The van der Waals surface area contributed by atoms with E-state index in [2.05, 4.69) is 12.0 Å². The van der Waals surface area contributed by atoms with Crippen LogP contribution in [-0.4, -0.2) is 9.78 Å². The van der Waals surface area contributed by atoms with Crippen LogP contribution >= 0.6 is 0 Å². The Morgan fingerprint density at radius 1 is 1.73 bits per heavy atom. The summed E-state index contributed by atoms with van der Waals surface area (Å²) in [6.45, 7) is 4.09. The van der Waals surface area contributed by atoms with Crippen molar-refractivity contribution in [3.8, 4) is 0 Å². The van der Waals surface area contributed by atoms with E-state index >= 15 is 0 Å². The van der Waals surface area contributed by atoms with Crippen molar-refractivity contribution in [1.29, 1.82) is 0 Å². The molecule has 2 N–H and O–H groups in total. The molecule has 3 nitrogen and oxygen atoms in total. The van der Waals surface area contributed by atoms with E-state index < -0.39 is 0 Å². The van der Waals surface area contributed by atoms with Crippen molar-refractivity contribution in [2.24, 2.45) is 12.8 Å². The Morgan fingerprint density at radius 2 is 2.36 bits per heavy atom. The monoisotopic (exact) mass is 153 g/mol. The fourth-order valence-corrected chi connectivity index (χ4v) is 0.979. The number of nitrogens with zero attached hydrogens (tertiary/aromatic N) is 2. The number of aromatic nitrogens is 2. The molecule has 0 aliphatic heterocycles. The Balaban J connectivity index is 2.88.